The molecule has 30 heavy (non-hydrogen) atoms. The zero-order chi connectivity index (χ0) is 20.6. The first kappa shape index (κ1) is 23.7. The highest BCUT2D eigenvalue weighted by molar-refractivity contribution is 14.0. The molecule has 1 aromatic carbocycles. The van der Waals surface area contributed by atoms with E-state index in [1.807, 2.05) is 61.1 Å². The van der Waals surface area contributed by atoms with Crippen LogP contribution in [0.25, 0.3) is 0 Å². The number of nitrogens with one attached hydrogen (secondary N) is 2. The van der Waals surface area contributed by atoms with Gasteiger partial charge in [0.25, 0.3) is 0 Å². The number of benzene rings is 1. The summed E-state index contributed by atoms with van der Waals surface area (Å²) in [6, 6.07) is 14.0. The number of guanidine groups is 1. The van der Waals surface area contributed by atoms with Crippen LogP contribution in [0.2, 0.25) is 0 Å². The molecule has 160 valence electrons. The third-order valence-corrected chi connectivity index (χ3v) is 4.80. The number of ether oxygens (including phenoxy) is 1. The molecule has 0 aliphatic carbocycles. The lowest BCUT2D eigenvalue weighted by Crippen LogP contribution is -2.36. The molecule has 2 N–H and O–H groups in total. The van der Waals surface area contributed by atoms with Gasteiger partial charge >= 0.3 is 0 Å². The summed E-state index contributed by atoms with van der Waals surface area (Å²) in [5, 5.41) is 11.1. The minimum atomic E-state index is 0. The molecule has 0 aliphatic rings. The highest BCUT2D eigenvalue weighted by atomic mass is 127. The zero-order valence-electron chi connectivity index (χ0n) is 17.8. The lowest BCUT2D eigenvalue weighted by Gasteiger charge is -2.13. The lowest BCUT2D eigenvalue weighted by atomic mass is 10.2. The zero-order valence-corrected chi connectivity index (χ0v) is 20.2. The largest absolute Gasteiger partial charge is 0.473 e. The maximum Gasteiger partial charge on any atom is 0.213 e. The standard InChI is InChI=1S/C22H28N6O.HI/c1-16-20(17(2)28(4)27-16)14-26-22(23-3)25-13-19-10-11-24-21(12-19)29-15-18-8-6-5-7-9-18;/h5-12H,13-15H2,1-4H3,(H2,23,25,26);1H. The topological polar surface area (TPSA) is 76.4 Å². The summed E-state index contributed by atoms with van der Waals surface area (Å²) < 4.78 is 7.71. The highest BCUT2D eigenvalue weighted by Crippen LogP contribution is 2.13. The minimum Gasteiger partial charge on any atom is -0.473 e. The van der Waals surface area contributed by atoms with E-state index in [1.54, 1.807) is 13.2 Å². The first-order valence-electron chi connectivity index (χ1n) is 9.62. The van der Waals surface area contributed by atoms with Gasteiger partial charge in [-0.25, -0.2) is 4.98 Å². The summed E-state index contributed by atoms with van der Waals surface area (Å²) in [4.78, 5) is 8.60. The molecule has 3 aromatic rings. The number of aryl methyl sites for hydroxylation is 2. The van der Waals surface area contributed by atoms with E-state index in [-0.39, 0.29) is 24.0 Å². The molecule has 0 fully saturated rings. The van der Waals surface area contributed by atoms with Gasteiger partial charge < -0.3 is 15.4 Å². The summed E-state index contributed by atoms with van der Waals surface area (Å²) in [6.07, 6.45) is 1.76. The van der Waals surface area contributed by atoms with E-state index in [1.165, 1.54) is 5.56 Å². The molecule has 0 radical (unpaired) electrons. The Balaban J connectivity index is 0.00000320. The summed E-state index contributed by atoms with van der Waals surface area (Å²) in [6.45, 7) is 5.88. The molecule has 0 atom stereocenters. The summed E-state index contributed by atoms with van der Waals surface area (Å²) in [5.74, 6) is 1.34. The Hall–Kier alpha value is -2.62. The Bertz CT molecular complexity index is 971. The van der Waals surface area contributed by atoms with Crippen molar-refractivity contribution in [3.63, 3.8) is 0 Å². The third-order valence-electron chi connectivity index (χ3n) is 4.80. The number of nitrogens with zero attached hydrogens (tertiary/aromatic N) is 4. The average molecular weight is 520 g/mol. The Labute approximate surface area is 195 Å². The van der Waals surface area contributed by atoms with Crippen molar-refractivity contribution in [3.8, 4) is 5.88 Å². The van der Waals surface area contributed by atoms with Gasteiger partial charge in [-0.3, -0.25) is 9.67 Å². The fraction of sp³-hybridized carbons (Fsp3) is 0.318. The molecule has 0 bridgehead atoms. The van der Waals surface area contributed by atoms with Gasteiger partial charge in [0.05, 0.1) is 5.69 Å². The molecule has 8 heteroatoms. The fourth-order valence-corrected chi connectivity index (χ4v) is 3.02. The second-order valence-corrected chi connectivity index (χ2v) is 6.83. The minimum absolute atomic E-state index is 0. The SMILES string of the molecule is CN=C(NCc1ccnc(OCc2ccccc2)c1)NCc1c(C)nn(C)c1C.I. The predicted molar refractivity (Wildman–Crippen MR) is 130 cm³/mol. The van der Waals surface area contributed by atoms with Gasteiger partial charge in [0, 0.05) is 50.7 Å². The van der Waals surface area contributed by atoms with Crippen LogP contribution in [0, 0.1) is 13.8 Å². The van der Waals surface area contributed by atoms with E-state index in [4.69, 9.17) is 4.74 Å². The fourth-order valence-electron chi connectivity index (χ4n) is 3.02. The van der Waals surface area contributed by atoms with Gasteiger partial charge in [-0.15, -0.1) is 24.0 Å². The van der Waals surface area contributed by atoms with Crippen LogP contribution in [0.15, 0.2) is 53.7 Å². The Kier molecular flexibility index (Phi) is 9.10. The second kappa shape index (κ2) is 11.5. The first-order chi connectivity index (χ1) is 14.1. The number of hydrogen-bond acceptors (Lipinski definition) is 4. The molecule has 2 aromatic heterocycles. The highest BCUT2D eigenvalue weighted by Gasteiger charge is 2.10. The van der Waals surface area contributed by atoms with Crippen molar-refractivity contribution < 1.29 is 4.74 Å². The van der Waals surface area contributed by atoms with Gasteiger partial charge in [-0.1, -0.05) is 30.3 Å². The summed E-state index contributed by atoms with van der Waals surface area (Å²) in [7, 11) is 3.72. The quantitative estimate of drug-likeness (QED) is 0.284. The Morgan fingerprint density at radius 2 is 1.80 bits per heavy atom. The molecule has 0 amide bonds. The van der Waals surface area contributed by atoms with E-state index in [0.29, 0.717) is 25.6 Å². The summed E-state index contributed by atoms with van der Waals surface area (Å²) >= 11 is 0. The average Bonchev–Trinajstić information content (AvgIpc) is 2.99. The van der Waals surface area contributed by atoms with Crippen LogP contribution in [0.5, 0.6) is 5.88 Å². The second-order valence-electron chi connectivity index (χ2n) is 6.83. The number of aromatic nitrogens is 3. The third kappa shape index (κ3) is 6.45. The van der Waals surface area contributed by atoms with Crippen LogP contribution in [0.3, 0.4) is 0 Å². The normalized spacial score (nSPS) is 11.0. The molecule has 0 saturated carbocycles. The number of halogens is 1. The van der Waals surface area contributed by atoms with Crippen molar-refractivity contribution in [3.05, 3.63) is 76.7 Å². The van der Waals surface area contributed by atoms with Gasteiger partial charge in [0.2, 0.25) is 5.88 Å². The number of aliphatic imine (C=N–C) groups is 1. The molecular formula is C22H29IN6O. The lowest BCUT2D eigenvalue weighted by molar-refractivity contribution is 0.293. The van der Waals surface area contributed by atoms with Crippen molar-refractivity contribution in [2.75, 3.05) is 7.05 Å². The van der Waals surface area contributed by atoms with E-state index in [2.05, 4.69) is 32.6 Å². The van der Waals surface area contributed by atoms with Gasteiger partial charge in [-0.05, 0) is 31.0 Å². The number of pyridine rings is 1. The van der Waals surface area contributed by atoms with Gasteiger partial charge in [0.15, 0.2) is 5.96 Å². The molecule has 7 nitrogen and oxygen atoms in total. The Morgan fingerprint density at radius 3 is 2.47 bits per heavy atom. The number of rotatable bonds is 7. The van der Waals surface area contributed by atoms with E-state index in [9.17, 15) is 0 Å². The van der Waals surface area contributed by atoms with Crippen molar-refractivity contribution in [2.45, 2.75) is 33.5 Å². The monoisotopic (exact) mass is 520 g/mol. The van der Waals surface area contributed by atoms with E-state index >= 15 is 0 Å². The molecule has 0 spiro atoms. The molecule has 2 heterocycles. The van der Waals surface area contributed by atoms with Crippen LogP contribution < -0.4 is 15.4 Å². The van der Waals surface area contributed by atoms with E-state index in [0.717, 1.165) is 28.5 Å². The van der Waals surface area contributed by atoms with Crippen molar-refractivity contribution in [1.82, 2.24) is 25.4 Å². The van der Waals surface area contributed by atoms with E-state index < -0.39 is 0 Å². The van der Waals surface area contributed by atoms with Crippen molar-refractivity contribution in [2.24, 2.45) is 12.0 Å². The van der Waals surface area contributed by atoms with Crippen LogP contribution in [-0.2, 0) is 26.7 Å². The molecule has 0 unspecified atom stereocenters. The smallest absolute Gasteiger partial charge is 0.213 e. The summed E-state index contributed by atoms with van der Waals surface area (Å²) in [5.41, 5.74) is 5.56. The first-order valence-corrected chi connectivity index (χ1v) is 9.62. The van der Waals surface area contributed by atoms with Crippen LogP contribution in [0.1, 0.15) is 28.1 Å². The van der Waals surface area contributed by atoms with Gasteiger partial charge in [0.1, 0.15) is 6.61 Å². The van der Waals surface area contributed by atoms with Crippen molar-refractivity contribution >= 4 is 29.9 Å². The van der Waals surface area contributed by atoms with Crippen molar-refractivity contribution in [1.29, 1.82) is 0 Å². The van der Waals surface area contributed by atoms with Gasteiger partial charge in [-0.2, -0.15) is 5.10 Å². The molecule has 3 rings (SSSR count). The maximum absolute atomic E-state index is 5.81. The van der Waals surface area contributed by atoms with Crippen LogP contribution in [0.4, 0.5) is 0 Å². The number of hydrogen-bond donors (Lipinski definition) is 2. The predicted octanol–water partition coefficient (Wildman–Crippen LogP) is 3.49. The van der Waals surface area contributed by atoms with Crippen LogP contribution >= 0.6 is 24.0 Å². The molecular weight excluding hydrogens is 491 g/mol. The molecule has 0 saturated heterocycles. The Morgan fingerprint density at radius 1 is 1.07 bits per heavy atom. The molecule has 0 aliphatic heterocycles. The maximum atomic E-state index is 5.81. The van der Waals surface area contributed by atoms with Crippen LogP contribution in [-0.4, -0.2) is 27.8 Å².